The number of ether oxygens (including phenoxy) is 2. The average molecular weight is 338 g/mol. The number of nitrogens with zero attached hydrogens (tertiary/aromatic N) is 1. The van der Waals surface area contributed by atoms with Gasteiger partial charge < -0.3 is 30.9 Å². The summed E-state index contributed by atoms with van der Waals surface area (Å²) in [4.78, 5) is 0. The van der Waals surface area contributed by atoms with E-state index in [2.05, 4.69) is 16.7 Å². The Labute approximate surface area is 145 Å². The molecule has 0 fully saturated rings. The number of rotatable bonds is 4. The minimum atomic E-state index is -1.24. The number of anilines is 3. The molecule has 0 bridgehead atoms. The summed E-state index contributed by atoms with van der Waals surface area (Å²) in [7, 11) is 2.97. The lowest BCUT2D eigenvalue weighted by atomic mass is 9.90. The van der Waals surface area contributed by atoms with Crippen LogP contribution in [0.3, 0.4) is 0 Å². The second kappa shape index (κ2) is 6.26. The Morgan fingerprint density at radius 3 is 2.68 bits per heavy atom. The maximum Gasteiger partial charge on any atom is 0.204 e. The molecule has 1 atom stereocenters. The molecule has 1 heterocycles. The van der Waals surface area contributed by atoms with Crippen LogP contribution in [-0.2, 0) is 10.5 Å². The van der Waals surface area contributed by atoms with Gasteiger partial charge >= 0.3 is 0 Å². The topological polar surface area (TPSA) is 113 Å². The number of nitrogen functional groups attached to an aromatic ring is 1. The van der Waals surface area contributed by atoms with E-state index in [1.807, 2.05) is 6.07 Å². The molecular weight excluding hydrogens is 320 g/mol. The number of aromatic hydroxyl groups is 1. The van der Waals surface area contributed by atoms with Gasteiger partial charge in [0.15, 0.2) is 11.5 Å². The van der Waals surface area contributed by atoms with Gasteiger partial charge in [0.2, 0.25) is 5.72 Å². The minimum Gasteiger partial charge on any atom is -0.504 e. The van der Waals surface area contributed by atoms with Crippen molar-refractivity contribution in [3.05, 3.63) is 53.7 Å². The third-order valence-electron chi connectivity index (χ3n) is 4.10. The van der Waals surface area contributed by atoms with Crippen molar-refractivity contribution in [2.45, 2.75) is 5.72 Å². The van der Waals surface area contributed by atoms with Gasteiger partial charge in [-0.05, 0) is 30.3 Å². The second-order valence-corrected chi connectivity index (χ2v) is 5.52. The van der Waals surface area contributed by atoms with Crippen molar-refractivity contribution in [1.82, 2.24) is 0 Å². The van der Waals surface area contributed by atoms with Gasteiger partial charge in [0, 0.05) is 42.0 Å². The molecule has 5 N–H and O–H groups in total. The van der Waals surface area contributed by atoms with E-state index in [1.165, 1.54) is 20.3 Å². The molecule has 0 amide bonds. The van der Waals surface area contributed by atoms with E-state index in [0.717, 1.165) is 5.69 Å². The molecule has 0 saturated carbocycles. The zero-order valence-corrected chi connectivity index (χ0v) is 13.8. The van der Waals surface area contributed by atoms with Gasteiger partial charge in [-0.1, -0.05) is 0 Å². The van der Waals surface area contributed by atoms with Crippen LogP contribution in [0.5, 0.6) is 11.5 Å². The van der Waals surface area contributed by atoms with E-state index < -0.39 is 5.72 Å². The highest BCUT2D eigenvalue weighted by Crippen LogP contribution is 2.43. The van der Waals surface area contributed by atoms with Crippen molar-refractivity contribution in [1.29, 1.82) is 5.26 Å². The summed E-state index contributed by atoms with van der Waals surface area (Å²) in [5.41, 5.74) is 7.54. The molecule has 7 heteroatoms. The van der Waals surface area contributed by atoms with Gasteiger partial charge in [0.25, 0.3) is 0 Å². The summed E-state index contributed by atoms with van der Waals surface area (Å²) in [5, 5.41) is 25.9. The highest BCUT2D eigenvalue weighted by atomic mass is 16.5. The molecule has 1 unspecified atom stereocenters. The summed E-state index contributed by atoms with van der Waals surface area (Å²) in [6, 6.07) is 12.3. The Bertz CT molecular complexity index is 888. The number of hydrogen-bond donors (Lipinski definition) is 4. The first kappa shape index (κ1) is 16.5. The quantitative estimate of drug-likeness (QED) is 0.501. The lowest BCUT2D eigenvalue weighted by Crippen LogP contribution is -2.42. The first-order valence-corrected chi connectivity index (χ1v) is 7.51. The Balaban J connectivity index is 2.13. The average Bonchev–Trinajstić information content (AvgIpc) is 2.62. The number of hydrogen-bond acceptors (Lipinski definition) is 7. The van der Waals surface area contributed by atoms with Crippen LogP contribution in [0.25, 0.3) is 0 Å². The predicted octanol–water partition coefficient (Wildman–Crippen LogP) is 2.73. The summed E-state index contributed by atoms with van der Waals surface area (Å²) in [6.07, 6.45) is 1.58. The Morgan fingerprint density at radius 2 is 2.04 bits per heavy atom. The fourth-order valence-corrected chi connectivity index (χ4v) is 2.86. The first-order valence-electron chi connectivity index (χ1n) is 7.51. The zero-order valence-electron chi connectivity index (χ0n) is 13.8. The van der Waals surface area contributed by atoms with Crippen molar-refractivity contribution in [3.63, 3.8) is 0 Å². The van der Waals surface area contributed by atoms with Crippen molar-refractivity contribution >= 4 is 17.1 Å². The molecule has 0 saturated heterocycles. The number of nitriles is 1. The Morgan fingerprint density at radius 1 is 1.24 bits per heavy atom. The maximum absolute atomic E-state index is 10.0. The van der Waals surface area contributed by atoms with Gasteiger partial charge in [0.1, 0.15) is 11.6 Å². The second-order valence-electron chi connectivity index (χ2n) is 5.52. The summed E-state index contributed by atoms with van der Waals surface area (Å²) in [5.74, 6) is 0.325. The SMILES string of the molecule is COc1ccc(NC2(OC)C(C#N)=CNc3ccc(N)cc32)cc1O. The molecule has 25 heavy (non-hydrogen) atoms. The lowest BCUT2D eigenvalue weighted by Gasteiger charge is -2.38. The standard InChI is InChI=1S/C18H18N4O3/c1-24-17-6-4-13(8-16(17)23)22-18(25-2)11(9-19)10-21-15-5-3-12(20)7-14(15)18/h3-8,10,21-23H,20H2,1-2H3. The van der Waals surface area contributed by atoms with Gasteiger partial charge in [-0.3, -0.25) is 0 Å². The largest absolute Gasteiger partial charge is 0.504 e. The van der Waals surface area contributed by atoms with E-state index >= 15 is 0 Å². The molecule has 0 radical (unpaired) electrons. The van der Waals surface area contributed by atoms with Crippen LogP contribution in [-0.4, -0.2) is 19.3 Å². The molecule has 1 aliphatic rings. The smallest absolute Gasteiger partial charge is 0.204 e. The number of phenols is 1. The lowest BCUT2D eigenvalue weighted by molar-refractivity contribution is 0.0472. The molecule has 2 aromatic rings. The van der Waals surface area contributed by atoms with Crippen LogP contribution in [0.15, 0.2) is 48.2 Å². The van der Waals surface area contributed by atoms with Crippen LogP contribution >= 0.6 is 0 Å². The number of fused-ring (bicyclic) bond motifs is 1. The maximum atomic E-state index is 10.0. The van der Waals surface area contributed by atoms with Crippen LogP contribution in [0.1, 0.15) is 5.56 Å². The molecule has 0 spiro atoms. The number of phenolic OH excluding ortho intramolecular Hbond substituents is 1. The number of methoxy groups -OCH3 is 2. The van der Waals surface area contributed by atoms with Crippen LogP contribution in [0.4, 0.5) is 17.1 Å². The van der Waals surface area contributed by atoms with Gasteiger partial charge in [-0.25, -0.2) is 0 Å². The van der Waals surface area contributed by atoms with Crippen molar-refractivity contribution in [2.75, 3.05) is 30.6 Å². The molecule has 0 aromatic heterocycles. The molecule has 0 aliphatic carbocycles. The number of nitrogens with two attached hydrogens (primary N) is 1. The van der Waals surface area contributed by atoms with Crippen LogP contribution < -0.4 is 21.1 Å². The van der Waals surface area contributed by atoms with E-state index in [0.29, 0.717) is 28.3 Å². The van der Waals surface area contributed by atoms with Gasteiger partial charge in [-0.15, -0.1) is 0 Å². The normalized spacial score (nSPS) is 18.4. The zero-order chi connectivity index (χ0) is 18.0. The highest BCUT2D eigenvalue weighted by molar-refractivity contribution is 5.70. The van der Waals surface area contributed by atoms with Gasteiger partial charge in [-0.2, -0.15) is 5.26 Å². The first-order chi connectivity index (χ1) is 12.0. The van der Waals surface area contributed by atoms with Crippen molar-refractivity contribution < 1.29 is 14.6 Å². The minimum absolute atomic E-state index is 0.0250. The fraction of sp³-hybridized carbons (Fsp3) is 0.167. The number of benzene rings is 2. The third-order valence-corrected chi connectivity index (χ3v) is 4.10. The molecule has 128 valence electrons. The molecule has 3 rings (SSSR count). The van der Waals surface area contributed by atoms with Crippen LogP contribution in [0.2, 0.25) is 0 Å². The predicted molar refractivity (Wildman–Crippen MR) is 95.1 cm³/mol. The molecule has 7 nitrogen and oxygen atoms in total. The summed E-state index contributed by atoms with van der Waals surface area (Å²) in [6.45, 7) is 0. The van der Waals surface area contributed by atoms with Gasteiger partial charge in [0.05, 0.1) is 7.11 Å². The summed E-state index contributed by atoms with van der Waals surface area (Å²) >= 11 is 0. The Hall–Kier alpha value is -3.37. The Kier molecular flexibility index (Phi) is 4.13. The van der Waals surface area contributed by atoms with Crippen molar-refractivity contribution in [2.24, 2.45) is 0 Å². The van der Waals surface area contributed by atoms with E-state index in [-0.39, 0.29) is 5.75 Å². The summed E-state index contributed by atoms with van der Waals surface area (Å²) < 4.78 is 10.8. The van der Waals surface area contributed by atoms with E-state index in [9.17, 15) is 10.4 Å². The fourth-order valence-electron chi connectivity index (χ4n) is 2.86. The molecule has 1 aliphatic heterocycles. The van der Waals surface area contributed by atoms with Crippen LogP contribution in [0, 0.1) is 11.3 Å². The van der Waals surface area contributed by atoms with Crippen molar-refractivity contribution in [3.8, 4) is 17.6 Å². The highest BCUT2D eigenvalue weighted by Gasteiger charge is 2.41. The molecule has 2 aromatic carbocycles. The van der Waals surface area contributed by atoms with E-state index in [1.54, 1.807) is 30.5 Å². The van der Waals surface area contributed by atoms with E-state index in [4.69, 9.17) is 15.2 Å². The monoisotopic (exact) mass is 338 g/mol. The number of nitrogens with one attached hydrogen (secondary N) is 2. The third kappa shape index (κ3) is 2.69. The molecular formula is C18H18N4O3.